The zero-order valence-corrected chi connectivity index (χ0v) is 11.8. The van der Waals surface area contributed by atoms with Crippen LogP contribution < -0.4 is 15.0 Å². The van der Waals surface area contributed by atoms with Crippen LogP contribution in [0.2, 0.25) is 0 Å². The predicted molar refractivity (Wildman–Crippen MR) is 77.7 cm³/mol. The van der Waals surface area contributed by atoms with Crippen molar-refractivity contribution >= 4 is 5.82 Å². The van der Waals surface area contributed by atoms with Crippen molar-refractivity contribution in [2.24, 2.45) is 0 Å². The molecular formula is C14H16N6O. The number of anilines is 1. The molecule has 1 saturated heterocycles. The number of methoxy groups -OCH3 is 1. The molecule has 1 aliphatic heterocycles. The molecule has 7 nitrogen and oxygen atoms in total. The van der Waals surface area contributed by atoms with E-state index in [1.165, 1.54) is 4.80 Å². The third kappa shape index (κ3) is 2.66. The summed E-state index contributed by atoms with van der Waals surface area (Å²) in [6.07, 6.45) is 0. The van der Waals surface area contributed by atoms with E-state index in [0.29, 0.717) is 11.5 Å². The zero-order chi connectivity index (χ0) is 14.7. The number of nitrogens with zero attached hydrogens (tertiary/aromatic N) is 5. The van der Waals surface area contributed by atoms with Crippen LogP contribution in [0, 0.1) is 11.3 Å². The molecule has 1 aromatic heterocycles. The van der Waals surface area contributed by atoms with Crippen LogP contribution in [0.25, 0.3) is 5.69 Å². The fourth-order valence-electron chi connectivity index (χ4n) is 2.29. The van der Waals surface area contributed by atoms with Crippen LogP contribution in [0.1, 0.15) is 5.69 Å². The van der Waals surface area contributed by atoms with E-state index in [1.807, 2.05) is 24.3 Å². The van der Waals surface area contributed by atoms with Gasteiger partial charge in [0.2, 0.25) is 5.69 Å². The second-order valence-corrected chi connectivity index (χ2v) is 4.71. The monoisotopic (exact) mass is 284 g/mol. The quantitative estimate of drug-likeness (QED) is 0.887. The van der Waals surface area contributed by atoms with Gasteiger partial charge in [-0.05, 0) is 24.3 Å². The standard InChI is InChI=1S/C14H16N6O/c1-21-12-4-2-11(3-5-12)20-17-13(10-15)14(18-20)19-8-6-16-7-9-19/h2-5,16H,6-9H2,1H3. The Morgan fingerprint density at radius 1 is 1.19 bits per heavy atom. The summed E-state index contributed by atoms with van der Waals surface area (Å²) in [4.78, 5) is 3.58. The summed E-state index contributed by atoms with van der Waals surface area (Å²) in [5.74, 6) is 1.42. The van der Waals surface area contributed by atoms with Crippen molar-refractivity contribution in [3.05, 3.63) is 30.0 Å². The fourth-order valence-corrected chi connectivity index (χ4v) is 2.29. The first-order valence-electron chi connectivity index (χ1n) is 6.79. The summed E-state index contributed by atoms with van der Waals surface area (Å²) in [6.45, 7) is 3.44. The Labute approximate surface area is 122 Å². The summed E-state index contributed by atoms with van der Waals surface area (Å²) in [5, 5.41) is 21.3. The minimum atomic E-state index is 0.354. The van der Waals surface area contributed by atoms with E-state index < -0.39 is 0 Å². The number of benzene rings is 1. The molecule has 1 fully saturated rings. The molecule has 2 heterocycles. The zero-order valence-electron chi connectivity index (χ0n) is 11.8. The second-order valence-electron chi connectivity index (χ2n) is 4.71. The van der Waals surface area contributed by atoms with Crippen molar-refractivity contribution in [3.63, 3.8) is 0 Å². The van der Waals surface area contributed by atoms with Gasteiger partial charge in [0, 0.05) is 26.2 Å². The van der Waals surface area contributed by atoms with Crippen LogP contribution in [0.3, 0.4) is 0 Å². The largest absolute Gasteiger partial charge is 0.497 e. The number of nitriles is 1. The molecule has 0 bridgehead atoms. The molecule has 2 aromatic rings. The summed E-state index contributed by atoms with van der Waals surface area (Å²) in [5.41, 5.74) is 1.15. The molecule has 1 aromatic carbocycles. The van der Waals surface area contributed by atoms with Crippen LogP contribution in [0.5, 0.6) is 5.75 Å². The average Bonchev–Trinajstić information content (AvgIpc) is 3.00. The first-order valence-corrected chi connectivity index (χ1v) is 6.79. The smallest absolute Gasteiger partial charge is 0.207 e. The molecular weight excluding hydrogens is 268 g/mol. The van der Waals surface area contributed by atoms with E-state index in [4.69, 9.17) is 4.74 Å². The van der Waals surface area contributed by atoms with Crippen LogP contribution in [-0.2, 0) is 0 Å². The Hall–Kier alpha value is -2.59. The maximum atomic E-state index is 9.26. The molecule has 0 amide bonds. The lowest BCUT2D eigenvalue weighted by Crippen LogP contribution is -2.44. The Morgan fingerprint density at radius 2 is 1.90 bits per heavy atom. The van der Waals surface area contributed by atoms with Crippen LogP contribution in [0.15, 0.2) is 24.3 Å². The van der Waals surface area contributed by atoms with Crippen molar-refractivity contribution in [1.82, 2.24) is 20.3 Å². The lowest BCUT2D eigenvalue weighted by atomic mass is 10.3. The average molecular weight is 284 g/mol. The van der Waals surface area contributed by atoms with Gasteiger partial charge in [-0.3, -0.25) is 0 Å². The maximum absolute atomic E-state index is 9.26. The highest BCUT2D eigenvalue weighted by molar-refractivity contribution is 5.50. The number of rotatable bonds is 3. The van der Waals surface area contributed by atoms with E-state index >= 15 is 0 Å². The Bertz CT molecular complexity index is 651. The topological polar surface area (TPSA) is 79.0 Å². The maximum Gasteiger partial charge on any atom is 0.207 e. The van der Waals surface area contributed by atoms with Gasteiger partial charge in [0.05, 0.1) is 12.8 Å². The molecule has 0 atom stereocenters. The van der Waals surface area contributed by atoms with E-state index in [1.54, 1.807) is 7.11 Å². The molecule has 108 valence electrons. The third-order valence-corrected chi connectivity index (χ3v) is 3.42. The molecule has 1 N–H and O–H groups in total. The molecule has 7 heteroatoms. The highest BCUT2D eigenvalue weighted by Gasteiger charge is 2.20. The highest BCUT2D eigenvalue weighted by atomic mass is 16.5. The molecule has 21 heavy (non-hydrogen) atoms. The normalized spacial score (nSPS) is 14.8. The van der Waals surface area contributed by atoms with Crippen LogP contribution in [-0.4, -0.2) is 48.3 Å². The third-order valence-electron chi connectivity index (χ3n) is 3.42. The summed E-state index contributed by atoms with van der Waals surface area (Å²) in [7, 11) is 1.62. The van der Waals surface area contributed by atoms with E-state index in [9.17, 15) is 5.26 Å². The van der Waals surface area contributed by atoms with Gasteiger partial charge in [0.15, 0.2) is 5.82 Å². The molecule has 0 radical (unpaired) electrons. The van der Waals surface area contributed by atoms with Gasteiger partial charge in [-0.25, -0.2) is 0 Å². The van der Waals surface area contributed by atoms with Gasteiger partial charge in [0.1, 0.15) is 11.8 Å². The van der Waals surface area contributed by atoms with Crippen LogP contribution >= 0.6 is 0 Å². The first-order chi connectivity index (χ1) is 10.3. The lowest BCUT2D eigenvalue weighted by Gasteiger charge is -2.26. The van der Waals surface area contributed by atoms with Crippen molar-refractivity contribution < 1.29 is 4.74 Å². The summed E-state index contributed by atoms with van der Waals surface area (Å²) in [6, 6.07) is 9.53. The van der Waals surface area contributed by atoms with Gasteiger partial charge < -0.3 is 15.0 Å². The highest BCUT2D eigenvalue weighted by Crippen LogP contribution is 2.19. The van der Waals surface area contributed by atoms with Crippen molar-refractivity contribution in [3.8, 4) is 17.5 Å². The number of hydrogen-bond acceptors (Lipinski definition) is 6. The van der Waals surface area contributed by atoms with Crippen LogP contribution in [0.4, 0.5) is 5.82 Å². The second kappa shape index (κ2) is 5.81. The minimum Gasteiger partial charge on any atom is -0.497 e. The SMILES string of the molecule is COc1ccc(-n2nc(C#N)c(N3CCNCC3)n2)cc1. The van der Waals surface area contributed by atoms with Crippen molar-refractivity contribution in [2.45, 2.75) is 0 Å². The van der Waals surface area contributed by atoms with Gasteiger partial charge in [-0.15, -0.1) is 15.0 Å². The summed E-state index contributed by atoms with van der Waals surface area (Å²) >= 11 is 0. The molecule has 0 spiro atoms. The predicted octanol–water partition coefficient (Wildman–Crippen LogP) is 0.557. The first kappa shape index (κ1) is 13.4. The molecule has 0 unspecified atom stereocenters. The minimum absolute atomic E-state index is 0.354. The molecule has 0 aliphatic carbocycles. The van der Waals surface area contributed by atoms with Crippen molar-refractivity contribution in [1.29, 1.82) is 5.26 Å². The Morgan fingerprint density at radius 3 is 2.52 bits per heavy atom. The summed E-state index contributed by atoms with van der Waals surface area (Å²) < 4.78 is 5.13. The number of aromatic nitrogens is 3. The van der Waals surface area contributed by atoms with E-state index in [-0.39, 0.29) is 0 Å². The van der Waals surface area contributed by atoms with Crippen molar-refractivity contribution in [2.75, 3.05) is 38.2 Å². The molecule has 1 aliphatic rings. The van der Waals surface area contributed by atoms with Gasteiger partial charge >= 0.3 is 0 Å². The number of nitrogens with one attached hydrogen (secondary N) is 1. The Kier molecular flexibility index (Phi) is 3.71. The van der Waals surface area contributed by atoms with Gasteiger partial charge in [-0.2, -0.15) is 5.26 Å². The van der Waals surface area contributed by atoms with E-state index in [2.05, 4.69) is 26.5 Å². The number of hydrogen-bond donors (Lipinski definition) is 1. The number of piperazine rings is 1. The molecule has 3 rings (SSSR count). The van der Waals surface area contributed by atoms with Gasteiger partial charge in [-0.1, -0.05) is 0 Å². The molecule has 0 saturated carbocycles. The number of ether oxygens (including phenoxy) is 1. The fraction of sp³-hybridized carbons (Fsp3) is 0.357. The Balaban J connectivity index is 1.92. The van der Waals surface area contributed by atoms with E-state index in [0.717, 1.165) is 37.6 Å². The lowest BCUT2D eigenvalue weighted by molar-refractivity contribution is 0.414. The van der Waals surface area contributed by atoms with Gasteiger partial charge in [0.25, 0.3) is 0 Å².